The number of aromatic nitrogens is 2. The molecule has 0 radical (unpaired) electrons. The van der Waals surface area contributed by atoms with Gasteiger partial charge in [-0.2, -0.15) is 0 Å². The lowest BCUT2D eigenvalue weighted by atomic mass is 10.3. The molecule has 0 bridgehead atoms. The van der Waals surface area contributed by atoms with E-state index in [1.54, 1.807) is 0 Å². The van der Waals surface area contributed by atoms with E-state index in [1.165, 1.54) is 5.69 Å². The van der Waals surface area contributed by atoms with Gasteiger partial charge in [-0.15, -0.1) is 0 Å². The number of hydrogen-bond donors (Lipinski definition) is 0. The van der Waals surface area contributed by atoms with E-state index < -0.39 is 0 Å². The van der Waals surface area contributed by atoms with Crippen molar-refractivity contribution in [2.45, 2.75) is 13.3 Å². The van der Waals surface area contributed by atoms with Crippen LogP contribution in [-0.2, 0) is 13.5 Å². The smallest absolute Gasteiger partial charge is 0.105 e. The van der Waals surface area contributed by atoms with Gasteiger partial charge in [0.1, 0.15) is 5.82 Å². The van der Waals surface area contributed by atoms with Gasteiger partial charge in [0.25, 0.3) is 0 Å². The highest BCUT2D eigenvalue weighted by molar-refractivity contribution is 5.07. The van der Waals surface area contributed by atoms with Gasteiger partial charge >= 0.3 is 0 Å². The van der Waals surface area contributed by atoms with Crippen LogP contribution >= 0.6 is 0 Å². The molecule has 3 nitrogen and oxygen atoms in total. The standard InChI is InChI=1S/C10H17N3/c1-9-11-8-10(13(9)4)6-5-7-12(2)3/h5,7-8H,6H2,1-4H3. The molecule has 0 aliphatic rings. The van der Waals surface area contributed by atoms with Crippen LogP contribution in [0.4, 0.5) is 0 Å². The Morgan fingerprint density at radius 1 is 1.54 bits per heavy atom. The van der Waals surface area contributed by atoms with Gasteiger partial charge in [0.15, 0.2) is 0 Å². The maximum Gasteiger partial charge on any atom is 0.105 e. The van der Waals surface area contributed by atoms with E-state index in [4.69, 9.17) is 0 Å². The molecule has 1 aromatic heterocycles. The minimum Gasteiger partial charge on any atom is -0.384 e. The SMILES string of the molecule is Cc1ncc(CC=CN(C)C)n1C. The molecule has 1 aromatic rings. The van der Waals surface area contributed by atoms with Gasteiger partial charge < -0.3 is 9.47 Å². The zero-order valence-corrected chi connectivity index (χ0v) is 8.78. The van der Waals surface area contributed by atoms with Crippen molar-refractivity contribution in [2.24, 2.45) is 7.05 Å². The molecule has 72 valence electrons. The number of hydrogen-bond acceptors (Lipinski definition) is 2. The fraction of sp³-hybridized carbons (Fsp3) is 0.500. The van der Waals surface area contributed by atoms with Crippen LogP contribution in [0.3, 0.4) is 0 Å². The van der Waals surface area contributed by atoms with Crippen LogP contribution in [0.1, 0.15) is 11.5 Å². The van der Waals surface area contributed by atoms with Crippen LogP contribution in [0.25, 0.3) is 0 Å². The molecule has 1 heterocycles. The third-order valence-electron chi connectivity index (χ3n) is 2.05. The fourth-order valence-electron chi connectivity index (χ4n) is 1.12. The number of imidazole rings is 1. The lowest BCUT2D eigenvalue weighted by Gasteiger charge is -2.03. The number of rotatable bonds is 3. The Hall–Kier alpha value is -1.25. The predicted octanol–water partition coefficient (Wildman–Crippen LogP) is 1.35. The van der Waals surface area contributed by atoms with E-state index in [1.807, 2.05) is 39.2 Å². The summed E-state index contributed by atoms with van der Waals surface area (Å²) in [5.41, 5.74) is 1.25. The molecule has 0 N–H and O–H groups in total. The van der Waals surface area contributed by atoms with Crippen LogP contribution in [0.15, 0.2) is 18.5 Å². The van der Waals surface area contributed by atoms with Gasteiger partial charge in [0, 0.05) is 39.5 Å². The molecular weight excluding hydrogens is 162 g/mol. The van der Waals surface area contributed by atoms with E-state index >= 15 is 0 Å². The van der Waals surface area contributed by atoms with Gasteiger partial charge in [-0.05, 0) is 13.1 Å². The third kappa shape index (κ3) is 2.61. The zero-order chi connectivity index (χ0) is 9.84. The van der Waals surface area contributed by atoms with Crippen LogP contribution in [0, 0.1) is 6.92 Å². The molecule has 0 aliphatic carbocycles. The van der Waals surface area contributed by atoms with Gasteiger partial charge in [0.05, 0.1) is 0 Å². The van der Waals surface area contributed by atoms with E-state index in [0.717, 1.165) is 12.2 Å². The first-order chi connectivity index (χ1) is 6.11. The molecule has 0 aliphatic heterocycles. The average Bonchev–Trinajstić information content (AvgIpc) is 2.35. The van der Waals surface area contributed by atoms with Crippen molar-refractivity contribution in [3.63, 3.8) is 0 Å². The molecule has 0 aromatic carbocycles. The first kappa shape index (κ1) is 9.84. The van der Waals surface area contributed by atoms with Crippen LogP contribution < -0.4 is 0 Å². The second-order valence-electron chi connectivity index (χ2n) is 3.41. The summed E-state index contributed by atoms with van der Waals surface area (Å²) in [4.78, 5) is 6.26. The third-order valence-corrected chi connectivity index (χ3v) is 2.05. The highest BCUT2D eigenvalue weighted by Crippen LogP contribution is 2.02. The molecule has 1 rings (SSSR count). The number of nitrogens with zero attached hydrogens (tertiary/aromatic N) is 3. The molecule has 0 saturated heterocycles. The normalized spacial score (nSPS) is 11.1. The van der Waals surface area contributed by atoms with Crippen LogP contribution in [0.2, 0.25) is 0 Å². The highest BCUT2D eigenvalue weighted by atomic mass is 15.1. The quantitative estimate of drug-likeness (QED) is 0.698. The Morgan fingerprint density at radius 2 is 2.23 bits per heavy atom. The molecule has 0 unspecified atom stereocenters. The lowest BCUT2D eigenvalue weighted by Crippen LogP contribution is -2.01. The van der Waals surface area contributed by atoms with E-state index in [-0.39, 0.29) is 0 Å². The summed E-state index contributed by atoms with van der Waals surface area (Å²) in [5.74, 6) is 1.06. The summed E-state index contributed by atoms with van der Waals surface area (Å²) in [7, 11) is 6.08. The van der Waals surface area contributed by atoms with E-state index in [2.05, 4.69) is 21.8 Å². The van der Waals surface area contributed by atoms with Gasteiger partial charge in [-0.1, -0.05) is 6.08 Å². The fourth-order valence-corrected chi connectivity index (χ4v) is 1.12. The topological polar surface area (TPSA) is 21.1 Å². The molecule has 0 amide bonds. The first-order valence-electron chi connectivity index (χ1n) is 4.41. The van der Waals surface area contributed by atoms with Crippen LogP contribution in [-0.4, -0.2) is 28.5 Å². The Balaban J connectivity index is 2.60. The Kier molecular flexibility index (Phi) is 3.12. The lowest BCUT2D eigenvalue weighted by molar-refractivity contribution is 0.561. The van der Waals surface area contributed by atoms with Gasteiger partial charge in [-0.25, -0.2) is 4.98 Å². The summed E-state index contributed by atoms with van der Waals surface area (Å²) in [6.07, 6.45) is 7.06. The van der Waals surface area contributed by atoms with Crippen molar-refractivity contribution >= 4 is 0 Å². The maximum absolute atomic E-state index is 4.23. The highest BCUT2D eigenvalue weighted by Gasteiger charge is 1.98. The number of allylic oxidation sites excluding steroid dienone is 1. The zero-order valence-electron chi connectivity index (χ0n) is 8.78. The molecule has 0 saturated carbocycles. The summed E-state index contributed by atoms with van der Waals surface area (Å²) in [6.45, 7) is 2.01. The van der Waals surface area contributed by atoms with Crippen molar-refractivity contribution in [3.05, 3.63) is 30.0 Å². The largest absolute Gasteiger partial charge is 0.384 e. The second kappa shape index (κ2) is 4.12. The first-order valence-corrected chi connectivity index (χ1v) is 4.41. The Labute approximate surface area is 79.7 Å². The van der Waals surface area contributed by atoms with Gasteiger partial charge in [-0.3, -0.25) is 0 Å². The molecular formula is C10H17N3. The molecule has 0 fully saturated rings. The van der Waals surface area contributed by atoms with Gasteiger partial charge in [0.2, 0.25) is 0 Å². The average molecular weight is 179 g/mol. The monoisotopic (exact) mass is 179 g/mol. The Morgan fingerprint density at radius 3 is 2.69 bits per heavy atom. The summed E-state index contributed by atoms with van der Waals surface area (Å²) in [5, 5.41) is 0. The van der Waals surface area contributed by atoms with E-state index in [0.29, 0.717) is 0 Å². The predicted molar refractivity (Wildman–Crippen MR) is 54.5 cm³/mol. The van der Waals surface area contributed by atoms with Crippen molar-refractivity contribution in [2.75, 3.05) is 14.1 Å². The maximum atomic E-state index is 4.23. The summed E-state index contributed by atoms with van der Waals surface area (Å²) < 4.78 is 2.11. The summed E-state index contributed by atoms with van der Waals surface area (Å²) >= 11 is 0. The molecule has 0 atom stereocenters. The van der Waals surface area contributed by atoms with E-state index in [9.17, 15) is 0 Å². The van der Waals surface area contributed by atoms with Crippen molar-refractivity contribution in [1.29, 1.82) is 0 Å². The number of aryl methyl sites for hydroxylation is 1. The van der Waals surface area contributed by atoms with Crippen LogP contribution in [0.5, 0.6) is 0 Å². The minimum atomic E-state index is 0.940. The molecule has 3 heteroatoms. The Bertz CT molecular complexity index is 297. The summed E-state index contributed by atoms with van der Waals surface area (Å²) in [6, 6.07) is 0. The van der Waals surface area contributed by atoms with Crippen molar-refractivity contribution in [1.82, 2.24) is 14.5 Å². The second-order valence-corrected chi connectivity index (χ2v) is 3.41. The minimum absolute atomic E-state index is 0.940. The molecule has 13 heavy (non-hydrogen) atoms. The molecule has 0 spiro atoms. The van der Waals surface area contributed by atoms with Crippen molar-refractivity contribution in [3.8, 4) is 0 Å². The van der Waals surface area contributed by atoms with Crippen molar-refractivity contribution < 1.29 is 0 Å².